The summed E-state index contributed by atoms with van der Waals surface area (Å²) in [5.41, 5.74) is 0. The molecule has 0 saturated heterocycles. The van der Waals surface area contributed by atoms with E-state index in [4.69, 9.17) is 0 Å². The Morgan fingerprint density at radius 2 is 1.89 bits per heavy atom. The highest BCUT2D eigenvalue weighted by atomic mass is 32.2. The number of aromatic nitrogens is 1. The number of hydrogen-bond donors (Lipinski definition) is 0. The van der Waals surface area contributed by atoms with Crippen LogP contribution in [0.4, 0.5) is 0 Å². The van der Waals surface area contributed by atoms with Crippen LogP contribution in [0.15, 0.2) is 42.6 Å². The minimum absolute atomic E-state index is 1.56. The molecule has 0 amide bonds. The Morgan fingerprint density at radius 3 is 2.44 bits per heavy atom. The van der Waals surface area contributed by atoms with Crippen molar-refractivity contribution >= 4 is 11.9 Å². The van der Waals surface area contributed by atoms with Crippen molar-refractivity contribution in [3.63, 3.8) is 0 Å². The molecule has 0 aliphatic heterocycles. The predicted molar refractivity (Wildman–Crippen MR) is 39.8 cm³/mol. The summed E-state index contributed by atoms with van der Waals surface area (Å²) in [5.74, 6) is 0. The molecule has 9 heavy (non-hydrogen) atoms. The van der Waals surface area contributed by atoms with Gasteiger partial charge in [0, 0.05) is 17.5 Å². The second kappa shape index (κ2) is 3.30. The van der Waals surface area contributed by atoms with Crippen molar-refractivity contribution in [2.75, 3.05) is 0 Å². The van der Waals surface area contributed by atoms with E-state index in [0.29, 0.717) is 0 Å². The zero-order chi connectivity index (χ0) is 6.53. The third-order valence-electron chi connectivity index (χ3n) is 0.884. The van der Waals surface area contributed by atoms with Gasteiger partial charge in [-0.3, -0.25) is 0 Å². The molecule has 46 valence electrons. The minimum atomic E-state index is 1.56. The van der Waals surface area contributed by atoms with Gasteiger partial charge < -0.3 is 0 Å². The lowest BCUT2D eigenvalue weighted by molar-refractivity contribution is -0.493. The van der Waals surface area contributed by atoms with Gasteiger partial charge in [0.15, 0.2) is 24.3 Å². The minimum Gasteiger partial charge on any atom is -0.130 e. The SMILES string of the molecule is C=CS[n+]1ccccc1. The number of rotatable bonds is 2. The van der Waals surface area contributed by atoms with E-state index in [0.717, 1.165) is 0 Å². The van der Waals surface area contributed by atoms with Crippen molar-refractivity contribution in [1.82, 2.24) is 0 Å². The summed E-state index contributed by atoms with van der Waals surface area (Å²) in [6.45, 7) is 3.60. The Labute approximate surface area is 59.2 Å². The predicted octanol–water partition coefficient (Wildman–Crippen LogP) is 1.61. The molecule has 0 atom stereocenters. The van der Waals surface area contributed by atoms with E-state index in [2.05, 4.69) is 6.58 Å². The summed E-state index contributed by atoms with van der Waals surface area (Å²) in [6, 6.07) is 5.95. The van der Waals surface area contributed by atoms with Gasteiger partial charge in [0.1, 0.15) is 0 Å². The van der Waals surface area contributed by atoms with Crippen molar-refractivity contribution in [1.29, 1.82) is 0 Å². The molecule has 0 unspecified atom stereocenters. The maximum Gasteiger partial charge on any atom is 0.194 e. The fourth-order valence-electron chi connectivity index (χ4n) is 0.539. The fraction of sp³-hybridized carbons (Fsp3) is 0. The molecule has 0 radical (unpaired) electrons. The summed E-state index contributed by atoms with van der Waals surface area (Å²) >= 11 is 1.56. The van der Waals surface area contributed by atoms with E-state index in [-0.39, 0.29) is 0 Å². The summed E-state index contributed by atoms with van der Waals surface area (Å²) in [5, 5.41) is 1.79. The lowest BCUT2D eigenvalue weighted by atomic mass is 10.5. The quantitative estimate of drug-likeness (QED) is 0.561. The van der Waals surface area contributed by atoms with E-state index < -0.39 is 0 Å². The van der Waals surface area contributed by atoms with Crippen LogP contribution in [0.2, 0.25) is 0 Å². The topological polar surface area (TPSA) is 3.88 Å². The van der Waals surface area contributed by atoms with Crippen LogP contribution in [-0.2, 0) is 0 Å². The maximum absolute atomic E-state index is 3.60. The van der Waals surface area contributed by atoms with Crippen LogP contribution in [0.1, 0.15) is 0 Å². The van der Waals surface area contributed by atoms with Crippen molar-refractivity contribution in [2.24, 2.45) is 0 Å². The lowest BCUT2D eigenvalue weighted by Crippen LogP contribution is -2.21. The maximum atomic E-state index is 3.60. The van der Waals surface area contributed by atoms with Gasteiger partial charge in [0.2, 0.25) is 0 Å². The molecule has 1 rings (SSSR count). The van der Waals surface area contributed by atoms with Gasteiger partial charge in [-0.05, 0) is 0 Å². The molecule has 1 aromatic rings. The van der Waals surface area contributed by atoms with E-state index in [1.165, 1.54) is 0 Å². The fourth-order valence-corrected chi connectivity index (χ4v) is 0.992. The first-order chi connectivity index (χ1) is 4.43. The van der Waals surface area contributed by atoms with Gasteiger partial charge in [-0.1, -0.05) is 12.6 Å². The van der Waals surface area contributed by atoms with Gasteiger partial charge in [-0.2, -0.15) is 0 Å². The normalized spacial score (nSPS) is 8.89. The highest BCUT2D eigenvalue weighted by Crippen LogP contribution is 1.91. The van der Waals surface area contributed by atoms with Crippen LogP contribution in [0, 0.1) is 0 Å². The summed E-state index contributed by atoms with van der Waals surface area (Å²) in [6.07, 6.45) is 3.96. The van der Waals surface area contributed by atoms with Crippen LogP contribution in [0.5, 0.6) is 0 Å². The Hall–Kier alpha value is -0.760. The molecule has 0 saturated carbocycles. The van der Waals surface area contributed by atoms with Gasteiger partial charge in [-0.25, -0.2) is 0 Å². The molecular formula is C7H8NS+. The summed E-state index contributed by atoms with van der Waals surface area (Å²) in [4.78, 5) is 0. The molecule has 0 bridgehead atoms. The smallest absolute Gasteiger partial charge is 0.130 e. The van der Waals surface area contributed by atoms with Crippen molar-refractivity contribution in [3.8, 4) is 0 Å². The highest BCUT2D eigenvalue weighted by Gasteiger charge is 1.91. The highest BCUT2D eigenvalue weighted by molar-refractivity contribution is 7.95. The first-order valence-electron chi connectivity index (χ1n) is 2.68. The van der Waals surface area contributed by atoms with Crippen molar-refractivity contribution in [2.45, 2.75) is 0 Å². The lowest BCUT2D eigenvalue weighted by Gasteiger charge is -1.82. The van der Waals surface area contributed by atoms with Crippen LogP contribution in [0.25, 0.3) is 0 Å². The summed E-state index contributed by atoms with van der Waals surface area (Å²) in [7, 11) is 0. The van der Waals surface area contributed by atoms with Crippen LogP contribution in [-0.4, -0.2) is 0 Å². The monoisotopic (exact) mass is 138 g/mol. The second-order valence-corrected chi connectivity index (χ2v) is 2.47. The zero-order valence-electron chi connectivity index (χ0n) is 5.03. The molecule has 1 nitrogen and oxygen atoms in total. The van der Waals surface area contributed by atoms with Crippen molar-refractivity contribution < 1.29 is 3.97 Å². The Balaban J connectivity index is 2.72. The average molecular weight is 138 g/mol. The molecule has 0 spiro atoms. The molecular weight excluding hydrogens is 130 g/mol. The number of pyridine rings is 1. The Bertz CT molecular complexity index is 183. The van der Waals surface area contributed by atoms with Crippen molar-refractivity contribution in [3.05, 3.63) is 42.6 Å². The number of nitrogens with zero attached hydrogens (tertiary/aromatic N) is 1. The molecule has 0 N–H and O–H groups in total. The van der Waals surface area contributed by atoms with E-state index in [1.54, 1.807) is 17.4 Å². The third-order valence-corrected chi connectivity index (χ3v) is 1.52. The molecule has 1 heterocycles. The molecule has 1 aromatic heterocycles. The number of hydrogen-bond acceptors (Lipinski definition) is 1. The largest absolute Gasteiger partial charge is 0.194 e. The van der Waals surface area contributed by atoms with E-state index in [9.17, 15) is 0 Å². The standard InChI is InChI=1S/C7H8NS/c1-2-9-8-6-4-3-5-7-8/h2-7H,1H2/q+1. The van der Waals surface area contributed by atoms with Gasteiger partial charge in [0.05, 0.1) is 0 Å². The van der Waals surface area contributed by atoms with Crippen LogP contribution >= 0.6 is 11.9 Å². The van der Waals surface area contributed by atoms with Gasteiger partial charge >= 0.3 is 0 Å². The zero-order valence-corrected chi connectivity index (χ0v) is 5.84. The van der Waals surface area contributed by atoms with Gasteiger partial charge in [-0.15, -0.1) is 3.97 Å². The molecule has 2 heteroatoms. The van der Waals surface area contributed by atoms with E-state index in [1.807, 2.05) is 34.6 Å². The second-order valence-electron chi connectivity index (χ2n) is 1.51. The van der Waals surface area contributed by atoms with Crippen LogP contribution < -0.4 is 3.97 Å². The Morgan fingerprint density at radius 1 is 1.22 bits per heavy atom. The third kappa shape index (κ3) is 1.90. The molecule has 0 fully saturated rings. The molecule has 0 aromatic carbocycles. The molecule has 0 aliphatic rings. The van der Waals surface area contributed by atoms with E-state index >= 15 is 0 Å². The van der Waals surface area contributed by atoms with Gasteiger partial charge in [0.25, 0.3) is 0 Å². The first-order valence-corrected chi connectivity index (χ1v) is 3.51. The molecule has 0 aliphatic carbocycles. The summed E-state index contributed by atoms with van der Waals surface area (Å²) < 4.78 is 1.98. The first kappa shape index (κ1) is 6.36. The van der Waals surface area contributed by atoms with Crippen LogP contribution in [0.3, 0.4) is 0 Å². The average Bonchev–Trinajstić information content (AvgIpc) is 1.91. The Kier molecular flexibility index (Phi) is 2.33.